The number of aromatic nitrogens is 4. The molecule has 0 saturated carbocycles. The van der Waals surface area contributed by atoms with E-state index in [-0.39, 0.29) is 44.9 Å². The number of aryl methyl sites for hydroxylation is 1. The van der Waals surface area contributed by atoms with E-state index in [0.29, 0.717) is 5.57 Å². The number of hydrogen-bond donors (Lipinski definition) is 4. The molecule has 1 fully saturated rings. The van der Waals surface area contributed by atoms with Crippen LogP contribution in [0.3, 0.4) is 0 Å². The number of ether oxygens (including phenoxy) is 1. The average molecular weight is 571 g/mol. The molecule has 2 aromatic rings. The minimum Gasteiger partial charge on any atom is -0.475 e. The van der Waals surface area contributed by atoms with Crippen molar-refractivity contribution in [3.63, 3.8) is 0 Å². The Hall–Kier alpha value is -3.84. The molecule has 5 N–H and O–H groups in total. The summed E-state index contributed by atoms with van der Waals surface area (Å²) in [5, 5.41) is 29.7. The molecule has 0 aliphatic carbocycles. The van der Waals surface area contributed by atoms with E-state index >= 15 is 0 Å². The van der Waals surface area contributed by atoms with Crippen LogP contribution >= 0.6 is 34.9 Å². The van der Waals surface area contributed by atoms with E-state index in [1.54, 1.807) is 0 Å². The van der Waals surface area contributed by atoms with Crippen LogP contribution < -0.4 is 11.1 Å². The number of nitrogens with zero attached hydrogens (tertiary/aromatic N) is 6. The Bertz CT molecular complexity index is 1340. The van der Waals surface area contributed by atoms with Gasteiger partial charge in [-0.25, -0.2) is 19.3 Å². The molecule has 4 rings (SSSR count). The van der Waals surface area contributed by atoms with Crippen LogP contribution in [0.5, 0.6) is 0 Å². The number of nitrogen functional groups attached to an aromatic ring is 1. The molecule has 0 spiro atoms. The van der Waals surface area contributed by atoms with Gasteiger partial charge in [-0.05, 0) is 0 Å². The lowest BCUT2D eigenvalue weighted by molar-refractivity contribution is -0.148. The molecule has 2 amide bonds. The third-order valence-electron chi connectivity index (χ3n) is 4.92. The van der Waals surface area contributed by atoms with Crippen molar-refractivity contribution in [1.29, 1.82) is 0 Å². The van der Waals surface area contributed by atoms with Crippen LogP contribution in [-0.2, 0) is 26.2 Å². The second kappa shape index (κ2) is 10.6. The maximum absolute atomic E-state index is 13.0. The van der Waals surface area contributed by atoms with Crippen LogP contribution in [0.2, 0.25) is 0 Å². The lowest BCUT2D eigenvalue weighted by Gasteiger charge is -2.49. The van der Waals surface area contributed by atoms with Crippen molar-refractivity contribution in [2.75, 3.05) is 24.3 Å². The smallest absolute Gasteiger partial charge is 0.475 e. The Balaban J connectivity index is 1.50. The van der Waals surface area contributed by atoms with Crippen molar-refractivity contribution in [3.8, 4) is 0 Å². The van der Waals surface area contributed by atoms with E-state index in [1.165, 1.54) is 36.0 Å². The van der Waals surface area contributed by atoms with Crippen molar-refractivity contribution in [1.82, 2.24) is 30.0 Å². The quantitative estimate of drug-likeness (QED) is 0.102. The zero-order valence-electron chi connectivity index (χ0n) is 19.0. The summed E-state index contributed by atoms with van der Waals surface area (Å²) in [4.78, 5) is 62.1. The van der Waals surface area contributed by atoms with Crippen molar-refractivity contribution < 1.29 is 39.0 Å². The summed E-state index contributed by atoms with van der Waals surface area (Å²) in [6.45, 7) is 0. The van der Waals surface area contributed by atoms with Gasteiger partial charge in [0.05, 0.1) is 0 Å². The minimum atomic E-state index is -1.62. The number of thiazole rings is 1. The van der Waals surface area contributed by atoms with Gasteiger partial charge in [0.25, 0.3) is 17.6 Å². The predicted octanol–water partition coefficient (Wildman–Crippen LogP) is 0.000900. The molecule has 4 heterocycles. The van der Waals surface area contributed by atoms with Gasteiger partial charge in [0, 0.05) is 29.5 Å². The highest BCUT2D eigenvalue weighted by Gasteiger charge is 2.54. The normalized spacial score (nSPS) is 19.2. The van der Waals surface area contributed by atoms with E-state index in [9.17, 15) is 24.3 Å². The Kier molecular flexibility index (Phi) is 7.55. The lowest BCUT2D eigenvalue weighted by Crippen LogP contribution is -2.70. The number of thioether (sulfide) groups is 2. The number of nitrogens with two attached hydrogens (primary N) is 1. The summed E-state index contributed by atoms with van der Waals surface area (Å²) >= 11 is 3.48. The molecule has 0 aromatic carbocycles. The molecule has 196 valence electrons. The number of carbonyl (C=O) groups excluding carboxylic acids is 2. The topological polar surface area (TPSA) is 224 Å². The summed E-state index contributed by atoms with van der Waals surface area (Å²) in [6.07, 6.45) is -1.62. The maximum atomic E-state index is 13.0. The molecule has 2 aromatic heterocycles. The van der Waals surface area contributed by atoms with Crippen molar-refractivity contribution >= 4 is 69.6 Å². The monoisotopic (exact) mass is 570 g/mol. The largest absolute Gasteiger partial charge is 0.512 e. The maximum Gasteiger partial charge on any atom is 0.512 e. The molecular weight excluding hydrogens is 552 g/mol. The van der Waals surface area contributed by atoms with E-state index < -0.39 is 35.4 Å². The second-order valence-electron chi connectivity index (χ2n) is 7.27. The van der Waals surface area contributed by atoms with Gasteiger partial charge in [0.2, 0.25) is 5.88 Å². The summed E-state index contributed by atoms with van der Waals surface area (Å²) in [5.41, 5.74) is 6.08. The van der Waals surface area contributed by atoms with Gasteiger partial charge in [-0.1, -0.05) is 16.9 Å². The van der Waals surface area contributed by atoms with Crippen LogP contribution in [0.1, 0.15) is 16.3 Å². The molecule has 19 heteroatoms. The first-order valence-corrected chi connectivity index (χ1v) is 13.0. The molecule has 0 bridgehead atoms. The fourth-order valence-corrected chi connectivity index (χ4v) is 6.26. The molecule has 2 aliphatic rings. The van der Waals surface area contributed by atoms with Gasteiger partial charge in [-0.3, -0.25) is 14.5 Å². The molecule has 37 heavy (non-hydrogen) atoms. The molecule has 0 unspecified atom stereocenters. The number of carbonyl (C=O) groups is 4. The number of carboxylic acids is 1. The van der Waals surface area contributed by atoms with Crippen LogP contribution in [-0.4, -0.2) is 94.5 Å². The molecule has 1 saturated heterocycles. The number of oxime groups is 1. The van der Waals surface area contributed by atoms with Crippen molar-refractivity contribution in [3.05, 3.63) is 28.4 Å². The van der Waals surface area contributed by atoms with E-state index in [4.69, 9.17) is 20.4 Å². The molecule has 2 aliphatic heterocycles. The van der Waals surface area contributed by atoms with Crippen molar-refractivity contribution in [2.45, 2.75) is 16.6 Å². The van der Waals surface area contributed by atoms with E-state index in [0.717, 1.165) is 28.0 Å². The Labute approximate surface area is 219 Å². The number of amides is 2. The Morgan fingerprint density at radius 1 is 1.35 bits per heavy atom. The molecule has 2 atom stereocenters. The van der Waals surface area contributed by atoms with E-state index in [2.05, 4.69) is 25.5 Å². The summed E-state index contributed by atoms with van der Waals surface area (Å²) < 4.78 is 6.22. The van der Waals surface area contributed by atoms with Gasteiger partial charge in [0.15, 0.2) is 16.0 Å². The average Bonchev–Trinajstić information content (AvgIpc) is 3.44. The molecule has 0 radical (unpaired) electrons. The predicted molar refractivity (Wildman–Crippen MR) is 130 cm³/mol. The number of fused-ring (bicyclic) bond motifs is 1. The first-order valence-electron chi connectivity index (χ1n) is 10.1. The van der Waals surface area contributed by atoms with Gasteiger partial charge in [-0.15, -0.1) is 28.2 Å². The van der Waals surface area contributed by atoms with Crippen molar-refractivity contribution in [2.24, 2.45) is 12.2 Å². The zero-order chi connectivity index (χ0) is 26.9. The first-order chi connectivity index (χ1) is 17.6. The number of rotatable bonds is 9. The standard InChI is InChI=1S/C18H18N8O8S3/c1-25-17(22-10(23-25)15(29)30)37-4-6-3-35-14-9(12(28)26(14)13(6)34-18(31)32)21-11(27)8(24-33-2)7-5-36-16(19)20-7/h5,9,14H,3-4H2,1-2H3,(H2,19,20)(H,21,27)(H,29,30)(H,31,32)/b24-8-/t9-,14-/m1/s1. The number of nitrogens with one attached hydrogen (secondary N) is 1. The highest BCUT2D eigenvalue weighted by Crippen LogP contribution is 2.42. The minimum absolute atomic E-state index is 0.143. The number of aromatic carboxylic acids is 1. The third kappa shape index (κ3) is 5.32. The lowest BCUT2D eigenvalue weighted by atomic mass is 10.1. The van der Waals surface area contributed by atoms with Crippen LogP contribution in [0.25, 0.3) is 0 Å². The Morgan fingerprint density at radius 2 is 2.11 bits per heavy atom. The van der Waals surface area contributed by atoms with Crippen LogP contribution in [0.4, 0.5) is 9.93 Å². The zero-order valence-corrected chi connectivity index (χ0v) is 21.4. The number of β-lactam (4-membered cyclic amide) rings is 1. The SMILES string of the molecule is CO/N=C(\C(=O)N[C@@H]1C(=O)N2C(OC(=O)O)=C(CSc3nc(C(=O)O)nn3C)CS[C@H]12)c1csc(N)n1. The van der Waals surface area contributed by atoms with Gasteiger partial charge < -0.3 is 30.8 Å². The fraction of sp³-hybridized carbons (Fsp3) is 0.333. The Morgan fingerprint density at radius 3 is 2.70 bits per heavy atom. The summed E-state index contributed by atoms with van der Waals surface area (Å²) in [6, 6.07) is -0.992. The summed E-state index contributed by atoms with van der Waals surface area (Å²) in [7, 11) is 2.77. The van der Waals surface area contributed by atoms with Gasteiger partial charge in [-0.2, -0.15) is 4.98 Å². The molecular formula is C18H18N8O8S3. The van der Waals surface area contributed by atoms with E-state index in [1.807, 2.05) is 0 Å². The fourth-order valence-electron chi connectivity index (χ4n) is 3.35. The number of hydrogen-bond acceptors (Lipinski definition) is 14. The number of carboxylic acid groups (broad SMARTS) is 2. The van der Waals surface area contributed by atoms with Crippen LogP contribution in [0, 0.1) is 0 Å². The van der Waals surface area contributed by atoms with Crippen LogP contribution in [0.15, 0.2) is 27.1 Å². The summed E-state index contributed by atoms with van der Waals surface area (Å²) in [5.74, 6) is -2.75. The molecule has 16 nitrogen and oxygen atoms in total. The first kappa shape index (κ1) is 26.2. The van der Waals surface area contributed by atoms with Gasteiger partial charge in [0.1, 0.15) is 24.2 Å². The number of anilines is 1. The highest BCUT2D eigenvalue weighted by atomic mass is 32.2. The highest BCUT2D eigenvalue weighted by molar-refractivity contribution is 8.01. The van der Waals surface area contributed by atoms with Gasteiger partial charge >= 0.3 is 12.1 Å². The second-order valence-corrected chi connectivity index (χ2v) is 10.2. The third-order valence-corrected chi connectivity index (χ3v) is 8.04.